The van der Waals surface area contributed by atoms with E-state index in [9.17, 15) is 50.3 Å². The highest BCUT2D eigenvalue weighted by molar-refractivity contribution is 6.01. The maximum atomic E-state index is 13.1. The summed E-state index contributed by atoms with van der Waals surface area (Å²) < 4.78 is 91.2. The van der Waals surface area contributed by atoms with Crippen LogP contribution in [0.2, 0.25) is 0 Å². The van der Waals surface area contributed by atoms with Crippen LogP contribution in [0.4, 0.5) is 75.4 Å². The van der Waals surface area contributed by atoms with Gasteiger partial charge < -0.3 is 57.2 Å². The van der Waals surface area contributed by atoms with Crippen LogP contribution in [0.1, 0.15) is 98.1 Å². The van der Waals surface area contributed by atoms with Crippen molar-refractivity contribution in [3.8, 4) is 22.3 Å². The molecular formula is C59H82F6N12O8. The molecule has 8 rings (SSSR count). The van der Waals surface area contributed by atoms with Gasteiger partial charge in [0, 0.05) is 89.9 Å². The zero-order chi connectivity index (χ0) is 63.0. The summed E-state index contributed by atoms with van der Waals surface area (Å²) in [5, 5.41) is 8.16. The number of hydrogen-bond acceptors (Lipinski definition) is 13. The molecule has 2 aromatic heterocycles. The molecule has 9 N–H and O–H groups in total. The first-order chi connectivity index (χ1) is 39.9. The standard InChI is InChI=1S/C28H35F3N6O4.C23H27F3N6O2.2C4H10O/c1-16-5-6-19(33-25(39)36-9-7-17(15-36)14-28(29,30)31)13-20(16)18-11-22(32)35-23(12-18)37-10-8-21(24(37)38)34-26(40)41-27(2,3)4;1-13-2-3-16(29-22(34)31-6-4-14(12-31)11-23(24,25)26)10-17(13)15-8-19(28)30-20(9-15)32-7-5-18(27)21(32)33;2*1-3-5-4-2/h5-6,11-13,17,21H,7-10,14-15H2,1-4H3,(H2,32,35)(H,33,39)(H,34,40);2-3,8-10,14,18H,4-7,11-12,27H2,1H3,(H2,28,30)(H,29,34);2*3-4H2,1-2H3/t17-,21-;14-,18-;;/m00../s1. The van der Waals surface area contributed by atoms with Crippen LogP contribution in [0.3, 0.4) is 0 Å². The predicted molar refractivity (Wildman–Crippen MR) is 316 cm³/mol. The second-order valence-electron chi connectivity index (χ2n) is 22.0. The van der Waals surface area contributed by atoms with Crippen LogP contribution in [-0.4, -0.2) is 145 Å². The molecule has 0 aliphatic carbocycles. The smallest absolute Gasteiger partial charge is 0.408 e. The number of nitrogens with zero attached hydrogens (tertiary/aromatic N) is 6. The Morgan fingerprint density at radius 2 is 1.01 bits per heavy atom. The number of alkyl halides is 6. The maximum absolute atomic E-state index is 13.1. The average Bonchev–Trinajstić information content (AvgIpc) is 4.44. The van der Waals surface area contributed by atoms with Gasteiger partial charge in [-0.3, -0.25) is 19.4 Å². The van der Waals surface area contributed by atoms with E-state index in [0.29, 0.717) is 67.3 Å². The molecule has 468 valence electrons. The minimum absolute atomic E-state index is 0.0436. The second kappa shape index (κ2) is 30.6. The number of benzene rings is 2. The number of aromatic nitrogens is 2. The number of nitrogens with one attached hydrogen (secondary N) is 3. The number of ether oxygens (including phenoxy) is 3. The molecule has 85 heavy (non-hydrogen) atoms. The molecule has 20 nitrogen and oxygen atoms in total. The number of alkyl carbamates (subject to hydrolysis) is 1. The third-order valence-electron chi connectivity index (χ3n) is 14.0. The zero-order valence-electron chi connectivity index (χ0n) is 49.8. The molecule has 4 aliphatic heterocycles. The topological polar surface area (TPSA) is 266 Å². The third kappa shape index (κ3) is 21.2. The van der Waals surface area contributed by atoms with Crippen molar-refractivity contribution in [1.29, 1.82) is 0 Å². The van der Waals surface area contributed by atoms with Crippen molar-refractivity contribution in [2.45, 2.75) is 131 Å². The van der Waals surface area contributed by atoms with E-state index in [1.807, 2.05) is 47.6 Å². The molecule has 0 bridgehead atoms. The lowest BCUT2D eigenvalue weighted by Gasteiger charge is -2.22. The van der Waals surface area contributed by atoms with Crippen LogP contribution in [0.15, 0.2) is 60.7 Å². The number of rotatable bonds is 13. The Kier molecular flexibility index (Phi) is 24.6. The molecule has 4 fully saturated rings. The van der Waals surface area contributed by atoms with Gasteiger partial charge in [0.15, 0.2) is 0 Å². The van der Waals surface area contributed by atoms with Crippen LogP contribution < -0.4 is 43.0 Å². The predicted octanol–water partition coefficient (Wildman–Crippen LogP) is 10.7. The number of pyridine rings is 2. The summed E-state index contributed by atoms with van der Waals surface area (Å²) in [6.45, 7) is 21.7. The molecule has 7 amide bonds. The van der Waals surface area contributed by atoms with Crippen LogP contribution in [0.5, 0.6) is 0 Å². The number of likely N-dealkylation sites (tertiary alicyclic amines) is 2. The quantitative estimate of drug-likeness (QED) is 0.0681. The lowest BCUT2D eigenvalue weighted by atomic mass is 10.00. The van der Waals surface area contributed by atoms with Gasteiger partial charge in [-0.2, -0.15) is 26.3 Å². The highest BCUT2D eigenvalue weighted by atomic mass is 19.4. The number of carbonyl (C=O) groups excluding carboxylic acids is 5. The first kappa shape index (κ1) is 68.3. The summed E-state index contributed by atoms with van der Waals surface area (Å²) in [4.78, 5) is 77.4. The summed E-state index contributed by atoms with van der Waals surface area (Å²) in [6, 6.07) is 15.1. The van der Waals surface area contributed by atoms with E-state index in [-0.39, 0.29) is 49.6 Å². The number of halogens is 6. The van der Waals surface area contributed by atoms with Gasteiger partial charge in [-0.1, -0.05) is 12.1 Å². The van der Waals surface area contributed by atoms with Gasteiger partial charge in [-0.05, 0) is 182 Å². The Hall–Kier alpha value is -7.45. The second-order valence-corrected chi connectivity index (χ2v) is 22.0. The van der Waals surface area contributed by atoms with Crippen LogP contribution >= 0.6 is 0 Å². The summed E-state index contributed by atoms with van der Waals surface area (Å²) in [5.74, 6) is -0.602. The Morgan fingerprint density at radius 1 is 0.600 bits per heavy atom. The average molecular weight is 1200 g/mol. The van der Waals surface area contributed by atoms with Crippen LogP contribution in [-0.2, 0) is 23.8 Å². The van der Waals surface area contributed by atoms with Gasteiger partial charge in [-0.25, -0.2) is 24.4 Å². The molecular weight excluding hydrogens is 1120 g/mol. The molecule has 6 heterocycles. The number of nitrogens with two attached hydrogens (primary N) is 3. The van der Waals surface area contributed by atoms with Crippen molar-refractivity contribution >= 4 is 64.6 Å². The van der Waals surface area contributed by atoms with Crippen molar-refractivity contribution in [2.75, 3.05) is 97.6 Å². The van der Waals surface area contributed by atoms with Gasteiger partial charge in [0.05, 0.1) is 6.04 Å². The van der Waals surface area contributed by atoms with E-state index in [0.717, 1.165) is 54.2 Å². The SMILES string of the molecule is CCOCC.CCOCC.Cc1ccc(NC(=O)N2CC[C@@H](CC(F)(F)F)C2)cc1-c1cc(N)nc(N2CC[C@H](N)C2=O)c1.Cc1ccc(NC(=O)N2CC[C@@H](CC(F)(F)F)C2)cc1-c1cc(N)nc(N2CC[C@H](NC(=O)OC(C)(C)C)C2=O)c1. The molecule has 4 saturated heterocycles. The van der Waals surface area contributed by atoms with Gasteiger partial charge in [0.1, 0.15) is 34.9 Å². The maximum Gasteiger partial charge on any atom is 0.408 e. The fourth-order valence-electron chi connectivity index (χ4n) is 9.94. The van der Waals surface area contributed by atoms with Crippen molar-refractivity contribution in [2.24, 2.45) is 17.6 Å². The van der Waals surface area contributed by atoms with Crippen LogP contribution in [0.25, 0.3) is 22.3 Å². The van der Waals surface area contributed by atoms with Gasteiger partial charge in [0.2, 0.25) is 5.91 Å². The lowest BCUT2D eigenvalue weighted by molar-refractivity contribution is -0.144. The summed E-state index contributed by atoms with van der Waals surface area (Å²) >= 11 is 0. The van der Waals surface area contributed by atoms with Crippen molar-refractivity contribution in [3.05, 3.63) is 71.8 Å². The Balaban J connectivity index is 0.000000271. The molecule has 4 aromatic rings. The Bertz CT molecular complexity index is 2920. The number of urea groups is 2. The highest BCUT2D eigenvalue weighted by Crippen LogP contribution is 2.36. The fourth-order valence-corrected chi connectivity index (χ4v) is 9.94. The summed E-state index contributed by atoms with van der Waals surface area (Å²) in [5.41, 5.74) is 22.9. The van der Waals surface area contributed by atoms with E-state index in [1.165, 1.54) is 19.6 Å². The number of amides is 7. The van der Waals surface area contributed by atoms with E-state index in [2.05, 4.69) is 25.9 Å². The monoisotopic (exact) mass is 1200 g/mol. The summed E-state index contributed by atoms with van der Waals surface area (Å²) in [6.07, 6.45) is -9.45. The lowest BCUT2D eigenvalue weighted by Crippen LogP contribution is -2.44. The Labute approximate surface area is 492 Å². The zero-order valence-corrected chi connectivity index (χ0v) is 49.8. The first-order valence-corrected chi connectivity index (χ1v) is 28.5. The van der Waals surface area contributed by atoms with Gasteiger partial charge >= 0.3 is 30.5 Å². The molecule has 4 aliphatic rings. The molecule has 0 radical (unpaired) electrons. The third-order valence-corrected chi connectivity index (χ3v) is 14.0. The van der Waals surface area contributed by atoms with E-state index >= 15 is 0 Å². The molecule has 4 atom stereocenters. The number of anilines is 6. The van der Waals surface area contributed by atoms with E-state index in [1.54, 1.807) is 75.4 Å². The Morgan fingerprint density at radius 3 is 1.38 bits per heavy atom. The summed E-state index contributed by atoms with van der Waals surface area (Å²) in [7, 11) is 0. The van der Waals surface area contributed by atoms with E-state index in [4.69, 9.17) is 31.4 Å². The number of aryl methyl sites for hydroxylation is 2. The van der Waals surface area contributed by atoms with Gasteiger partial charge in [-0.15, -0.1) is 0 Å². The largest absolute Gasteiger partial charge is 0.444 e. The minimum atomic E-state index is -4.26. The highest BCUT2D eigenvalue weighted by Gasteiger charge is 2.39. The van der Waals surface area contributed by atoms with Gasteiger partial charge in [0.25, 0.3) is 5.91 Å². The molecule has 26 heteroatoms. The molecule has 0 unspecified atom stereocenters. The molecule has 0 spiro atoms. The number of nitrogen functional groups attached to an aromatic ring is 2. The number of hydrogen-bond donors (Lipinski definition) is 6. The number of carbonyl (C=O) groups is 5. The molecule has 0 saturated carbocycles. The van der Waals surface area contributed by atoms with Crippen molar-refractivity contribution < 1.29 is 64.5 Å². The molecule has 2 aromatic carbocycles. The first-order valence-electron chi connectivity index (χ1n) is 28.5. The fraction of sp³-hybridized carbons (Fsp3) is 0.542. The van der Waals surface area contributed by atoms with Crippen molar-refractivity contribution in [3.63, 3.8) is 0 Å². The minimum Gasteiger partial charge on any atom is -0.444 e. The van der Waals surface area contributed by atoms with E-state index < -0.39 is 72.9 Å². The van der Waals surface area contributed by atoms with Crippen LogP contribution in [0, 0.1) is 25.7 Å². The normalized spacial score (nSPS) is 18.7. The van der Waals surface area contributed by atoms with Crippen molar-refractivity contribution in [1.82, 2.24) is 25.1 Å².